The summed E-state index contributed by atoms with van der Waals surface area (Å²) in [5.74, 6) is -6.20. The summed E-state index contributed by atoms with van der Waals surface area (Å²) in [6.07, 6.45) is 1.36. The van der Waals surface area contributed by atoms with E-state index in [4.69, 9.17) is 9.47 Å². The number of nitrogens with one attached hydrogen (secondary N) is 7. The van der Waals surface area contributed by atoms with Crippen LogP contribution >= 0.6 is 37.2 Å². The Morgan fingerprint density at radius 1 is 0.841 bits per heavy atom. The Morgan fingerprint density at radius 3 is 2.24 bits per heavy atom. The highest BCUT2D eigenvalue weighted by molar-refractivity contribution is 6.06. The van der Waals surface area contributed by atoms with Gasteiger partial charge in [0.1, 0.15) is 46.7 Å². The number of hydrogen-bond acceptors (Lipinski definition) is 13. The van der Waals surface area contributed by atoms with Crippen molar-refractivity contribution in [2.24, 2.45) is 5.92 Å². The van der Waals surface area contributed by atoms with Gasteiger partial charge in [-0.3, -0.25) is 38.6 Å². The number of carbonyl (C=O) groups excluding carboxylic acids is 6. The van der Waals surface area contributed by atoms with Gasteiger partial charge in [-0.25, -0.2) is 13.2 Å². The van der Waals surface area contributed by atoms with Crippen LogP contribution in [-0.2, 0) is 56.6 Å². The number of morpholine rings is 1. The van der Waals surface area contributed by atoms with Gasteiger partial charge >= 0.3 is 0 Å². The van der Waals surface area contributed by atoms with E-state index in [1.54, 1.807) is 45.2 Å². The summed E-state index contributed by atoms with van der Waals surface area (Å²) in [6.45, 7) is 11.7. The lowest BCUT2D eigenvalue weighted by atomic mass is 9.75. The third-order valence-electron chi connectivity index (χ3n) is 16.3. The summed E-state index contributed by atoms with van der Waals surface area (Å²) in [7, 11) is 1.61. The zero-order valence-electron chi connectivity index (χ0n) is 46.5. The quantitative estimate of drug-likeness (QED) is 0.0679. The van der Waals surface area contributed by atoms with E-state index in [-0.39, 0.29) is 97.2 Å². The molecule has 3 fully saturated rings. The summed E-state index contributed by atoms with van der Waals surface area (Å²) in [4.78, 5) is 92.1. The lowest BCUT2D eigenvalue weighted by Crippen LogP contribution is -2.63. The maximum absolute atomic E-state index is 15.1. The van der Waals surface area contributed by atoms with E-state index in [0.717, 1.165) is 42.4 Å². The molecule has 0 aromatic heterocycles. The molecule has 4 aromatic rings. The van der Waals surface area contributed by atoms with E-state index < -0.39 is 83.0 Å². The van der Waals surface area contributed by atoms with Gasteiger partial charge < -0.3 is 51.6 Å². The van der Waals surface area contributed by atoms with Crippen LogP contribution in [0.1, 0.15) is 74.4 Å². The maximum Gasteiger partial charge on any atom is 0.252 e. The van der Waals surface area contributed by atoms with E-state index in [9.17, 15) is 33.2 Å². The molecule has 3 saturated heterocycles. The Morgan fingerprint density at radius 2 is 1.55 bits per heavy atom. The summed E-state index contributed by atoms with van der Waals surface area (Å²) in [5.41, 5.74) is 1.63. The van der Waals surface area contributed by atoms with Gasteiger partial charge in [-0.05, 0) is 130 Å². The van der Waals surface area contributed by atoms with Crippen molar-refractivity contribution in [2.45, 2.75) is 101 Å². The number of rotatable bonds is 18. The first-order valence-corrected chi connectivity index (χ1v) is 27.2. The first-order valence-electron chi connectivity index (χ1n) is 27.2. The average molecular weight is 1200 g/mol. The van der Waals surface area contributed by atoms with Crippen LogP contribution in [-0.4, -0.2) is 159 Å². The molecule has 0 bridgehead atoms. The van der Waals surface area contributed by atoms with Gasteiger partial charge in [-0.15, -0.1) is 37.2 Å². The molecular weight excluding hydrogens is 1130 g/mol. The maximum atomic E-state index is 15.1. The van der Waals surface area contributed by atoms with Crippen molar-refractivity contribution in [3.8, 4) is 0 Å². The second kappa shape index (κ2) is 28.6. The smallest absolute Gasteiger partial charge is 0.252 e. The van der Waals surface area contributed by atoms with Crippen LogP contribution in [0.2, 0.25) is 0 Å². The number of fused-ring (bicyclic) bond motifs is 2. The van der Waals surface area contributed by atoms with Crippen LogP contribution in [0.5, 0.6) is 0 Å². The zero-order chi connectivity index (χ0) is 56.1. The minimum Gasteiger partial charge on any atom is -0.381 e. The third-order valence-corrected chi connectivity index (χ3v) is 16.3. The molecule has 5 heterocycles. The second-order valence-corrected chi connectivity index (χ2v) is 21.8. The van der Waals surface area contributed by atoms with Crippen molar-refractivity contribution in [3.63, 3.8) is 0 Å². The Bertz CT molecular complexity index is 2930. The second-order valence-electron chi connectivity index (χ2n) is 21.8. The molecule has 5 amide bonds. The Hall–Kier alpha value is -5.88. The van der Waals surface area contributed by atoms with E-state index in [0.29, 0.717) is 75.6 Å². The SMILES string of the molecule is CN[C@@H](C)C(=O)N[C@H](C(=O)N1Cc2ccc(NC(=O)CNC(=O)C3(C)c4ccc(Cc5ccc(F)cc5)cc4NC3C(=O)CN3C[C@@H](C)NC[C@@H]3CN3CCOC[C@H]3C)cc2[C@H]1C(=O)Nc1c(F)cccc1F)C1CCOCC1.Cl.Cl.Cl. The van der Waals surface area contributed by atoms with Crippen molar-refractivity contribution in [2.75, 3.05) is 88.7 Å². The van der Waals surface area contributed by atoms with Gasteiger partial charge in [0.05, 0.1) is 32.3 Å². The van der Waals surface area contributed by atoms with Gasteiger partial charge in [0.25, 0.3) is 5.91 Å². The van der Waals surface area contributed by atoms with Crippen molar-refractivity contribution < 1.29 is 51.4 Å². The number of ether oxygens (including phenoxy) is 2. The molecule has 24 heteroatoms. The fourth-order valence-corrected chi connectivity index (χ4v) is 11.6. The van der Waals surface area contributed by atoms with Crippen LogP contribution < -0.4 is 37.2 Å². The van der Waals surface area contributed by atoms with E-state index in [2.05, 4.69) is 60.9 Å². The van der Waals surface area contributed by atoms with Crippen LogP contribution in [0.15, 0.2) is 78.9 Å². The average Bonchev–Trinajstić information content (AvgIpc) is 4.04. The lowest BCUT2D eigenvalue weighted by Gasteiger charge is -2.44. The van der Waals surface area contributed by atoms with Gasteiger partial charge in [0.2, 0.25) is 23.6 Å². The Labute approximate surface area is 494 Å². The summed E-state index contributed by atoms with van der Waals surface area (Å²) >= 11 is 0. The highest BCUT2D eigenvalue weighted by Gasteiger charge is 2.53. The number of anilines is 3. The Balaban J connectivity index is 0.00000360. The molecule has 0 spiro atoms. The first kappa shape index (κ1) is 65.3. The highest BCUT2D eigenvalue weighted by Crippen LogP contribution is 2.43. The van der Waals surface area contributed by atoms with Gasteiger partial charge in [0, 0.05) is 75.4 Å². The monoisotopic (exact) mass is 1200 g/mol. The number of nitrogens with zero attached hydrogens (tertiary/aromatic N) is 3. The number of likely N-dealkylation sites (N-methyl/N-ethyl adjacent to an activating group) is 1. The lowest BCUT2D eigenvalue weighted by molar-refractivity contribution is -0.144. The first-order chi connectivity index (χ1) is 37.9. The number of benzene rings is 4. The van der Waals surface area contributed by atoms with E-state index in [1.165, 1.54) is 23.1 Å². The van der Waals surface area contributed by atoms with Crippen molar-refractivity contribution >= 4 is 89.6 Å². The zero-order valence-corrected chi connectivity index (χ0v) is 48.9. The largest absolute Gasteiger partial charge is 0.381 e. The topological polar surface area (TPSA) is 215 Å². The molecule has 9 rings (SSSR count). The predicted octanol–water partition coefficient (Wildman–Crippen LogP) is 5.26. The molecule has 446 valence electrons. The molecule has 5 aliphatic heterocycles. The normalized spacial score (nSPS) is 23.2. The number of carbonyl (C=O) groups is 6. The molecule has 0 radical (unpaired) electrons. The van der Waals surface area contributed by atoms with Gasteiger partial charge in [-0.1, -0.05) is 36.4 Å². The predicted molar refractivity (Wildman–Crippen MR) is 312 cm³/mol. The van der Waals surface area contributed by atoms with Crippen LogP contribution in [0.3, 0.4) is 0 Å². The molecule has 5 aliphatic rings. The molecule has 4 aromatic carbocycles. The standard InChI is InChI=1S/C58H71F3N10O8.3ClH/c1-33-28-70(42(26-63-33)30-69-19-22-79-32-34(69)2)31-48(72)53-58(4,44-16-11-37(24-47(44)66-53)23-36-9-13-40(59)14-10-36)57(77)64-27-49(73)65-41-15-12-39-29-71(52(43(39)25-41)55(75)68-51-45(60)7-6-8-46(51)61)56(76)50(38-17-20-78-21-18-38)67-54(74)35(3)62-5;;;/h6-16,24-25,33-35,38,42,50,52-53,62-63,66H,17-23,26-32H2,1-5H3,(H,64,77)(H,65,73)(H,67,74)(H,68,75);3*1H/t33-,34-,35+,42-,50+,52+,53?,58?;;;/m1.../s1. The molecule has 18 nitrogen and oxygen atoms in total. The fourth-order valence-electron chi connectivity index (χ4n) is 11.6. The van der Waals surface area contributed by atoms with Crippen molar-refractivity contribution in [1.82, 2.24) is 36.0 Å². The molecule has 8 atom stereocenters. The number of amides is 5. The van der Waals surface area contributed by atoms with Crippen LogP contribution in [0.4, 0.5) is 30.2 Å². The molecule has 0 aliphatic carbocycles. The minimum absolute atomic E-state index is 0. The summed E-state index contributed by atoms with van der Waals surface area (Å²) in [6, 6.07) is 15.7. The molecule has 82 heavy (non-hydrogen) atoms. The number of hydrogen-bond donors (Lipinski definition) is 7. The summed E-state index contributed by atoms with van der Waals surface area (Å²) in [5, 5.41) is 20.7. The molecule has 2 unspecified atom stereocenters. The third kappa shape index (κ3) is 14.5. The number of para-hydroxylation sites is 1. The van der Waals surface area contributed by atoms with Crippen LogP contribution in [0.25, 0.3) is 0 Å². The van der Waals surface area contributed by atoms with E-state index >= 15 is 8.78 Å². The van der Waals surface area contributed by atoms with Gasteiger partial charge in [0.15, 0.2) is 5.78 Å². The highest BCUT2D eigenvalue weighted by atomic mass is 35.5. The number of halogens is 6. The number of piperazine rings is 1. The van der Waals surface area contributed by atoms with Crippen LogP contribution in [0, 0.1) is 23.4 Å². The summed E-state index contributed by atoms with van der Waals surface area (Å²) < 4.78 is 55.2. The van der Waals surface area contributed by atoms with E-state index in [1.807, 2.05) is 18.2 Å². The number of ketones is 1. The van der Waals surface area contributed by atoms with Crippen molar-refractivity contribution in [3.05, 3.63) is 124 Å². The molecule has 7 N–H and O–H groups in total. The fraction of sp³-hybridized carbons (Fsp3) is 0.483. The van der Waals surface area contributed by atoms with Gasteiger partial charge in [-0.2, -0.15) is 0 Å². The molecule has 0 saturated carbocycles. The number of Topliss-reactive ketones (excluding diaryl/α,β-unsaturated/α-hetero) is 1. The minimum atomic E-state index is -1.50. The molecular formula is C58H74Cl3F3N10O8. The Kier molecular flexibility index (Phi) is 22.8. The van der Waals surface area contributed by atoms with Crippen molar-refractivity contribution in [1.29, 1.82) is 0 Å².